The van der Waals surface area contributed by atoms with Gasteiger partial charge in [0, 0.05) is 0 Å². The number of hydrogen-bond acceptors (Lipinski definition) is 3. The Kier molecular flexibility index (Phi) is 2.91. The van der Waals surface area contributed by atoms with Gasteiger partial charge in [-0.2, -0.15) is 11.8 Å². The van der Waals surface area contributed by atoms with Gasteiger partial charge in [-0.1, -0.05) is 19.9 Å². The van der Waals surface area contributed by atoms with Crippen LogP contribution in [0.25, 0.3) is 11.0 Å². The van der Waals surface area contributed by atoms with Crippen molar-refractivity contribution >= 4 is 22.7 Å². The number of fused-ring (bicyclic) bond motifs is 1. The van der Waals surface area contributed by atoms with Gasteiger partial charge in [0.1, 0.15) is 17.1 Å². The van der Waals surface area contributed by atoms with Crippen molar-refractivity contribution in [1.82, 2.24) is 0 Å². The lowest BCUT2D eigenvalue weighted by Gasteiger charge is -2.00. The summed E-state index contributed by atoms with van der Waals surface area (Å²) in [6.45, 7) is 4.32. The fourth-order valence-electron chi connectivity index (χ4n) is 1.42. The molecule has 3 heteroatoms. The fourth-order valence-corrected chi connectivity index (χ4v) is 2.06. The van der Waals surface area contributed by atoms with E-state index in [1.807, 2.05) is 23.9 Å². The number of rotatable bonds is 3. The van der Waals surface area contributed by atoms with Gasteiger partial charge in [0.25, 0.3) is 0 Å². The topological polar surface area (TPSA) is 33.4 Å². The maximum Gasteiger partial charge on any atom is 0.138 e. The predicted molar refractivity (Wildman–Crippen MR) is 64.3 cm³/mol. The van der Waals surface area contributed by atoms with E-state index in [-0.39, 0.29) is 5.75 Å². The second-order valence-corrected chi connectivity index (χ2v) is 5.33. The first-order valence-corrected chi connectivity index (χ1v) is 6.03. The average Bonchev–Trinajstić information content (AvgIpc) is 2.59. The highest BCUT2D eigenvalue weighted by Gasteiger charge is 2.07. The van der Waals surface area contributed by atoms with Crippen molar-refractivity contribution in [3.8, 4) is 5.75 Å². The van der Waals surface area contributed by atoms with E-state index in [0.717, 1.165) is 22.5 Å². The second-order valence-electron chi connectivity index (χ2n) is 3.76. The maximum absolute atomic E-state index is 9.60. The summed E-state index contributed by atoms with van der Waals surface area (Å²) in [4.78, 5) is 0. The second kappa shape index (κ2) is 4.19. The Hall–Kier alpha value is -1.09. The molecular weight excluding hydrogens is 208 g/mol. The van der Waals surface area contributed by atoms with Crippen LogP contribution >= 0.6 is 11.8 Å². The van der Waals surface area contributed by atoms with Gasteiger partial charge in [-0.05, 0) is 23.4 Å². The summed E-state index contributed by atoms with van der Waals surface area (Å²) < 4.78 is 5.62. The first kappa shape index (κ1) is 10.4. The number of aromatic hydroxyl groups is 1. The van der Waals surface area contributed by atoms with E-state index in [2.05, 4.69) is 13.8 Å². The maximum atomic E-state index is 9.60. The molecule has 1 aromatic carbocycles. The zero-order valence-electron chi connectivity index (χ0n) is 8.86. The van der Waals surface area contributed by atoms with Crippen molar-refractivity contribution in [2.45, 2.75) is 24.9 Å². The normalized spacial score (nSPS) is 11.4. The van der Waals surface area contributed by atoms with E-state index in [4.69, 9.17) is 4.42 Å². The Labute approximate surface area is 93.3 Å². The minimum atomic E-state index is 0.289. The lowest BCUT2D eigenvalue weighted by atomic mass is 10.2. The summed E-state index contributed by atoms with van der Waals surface area (Å²) >= 11 is 1.83. The van der Waals surface area contributed by atoms with Gasteiger partial charge in [0.2, 0.25) is 0 Å². The van der Waals surface area contributed by atoms with Gasteiger partial charge in [0.15, 0.2) is 0 Å². The molecule has 1 N–H and O–H groups in total. The van der Waals surface area contributed by atoms with Crippen LogP contribution in [0.15, 0.2) is 28.7 Å². The van der Waals surface area contributed by atoms with E-state index in [9.17, 15) is 5.11 Å². The van der Waals surface area contributed by atoms with Crippen LogP contribution in [0.2, 0.25) is 0 Å². The summed E-state index contributed by atoms with van der Waals surface area (Å²) in [6.07, 6.45) is 0. The molecule has 0 spiro atoms. The molecule has 0 fully saturated rings. The van der Waals surface area contributed by atoms with E-state index in [0.29, 0.717) is 5.25 Å². The van der Waals surface area contributed by atoms with Crippen LogP contribution in [0.1, 0.15) is 19.6 Å². The number of phenols is 1. The molecule has 2 nitrogen and oxygen atoms in total. The molecule has 0 amide bonds. The van der Waals surface area contributed by atoms with E-state index in [1.165, 1.54) is 0 Å². The third-order valence-electron chi connectivity index (χ3n) is 2.15. The molecule has 0 aliphatic rings. The molecule has 1 heterocycles. The van der Waals surface area contributed by atoms with Crippen LogP contribution in [-0.4, -0.2) is 10.4 Å². The Morgan fingerprint density at radius 2 is 2.20 bits per heavy atom. The lowest BCUT2D eigenvalue weighted by Crippen LogP contribution is -1.86. The van der Waals surface area contributed by atoms with E-state index < -0.39 is 0 Å². The Balaban J connectivity index is 2.27. The van der Waals surface area contributed by atoms with Gasteiger partial charge in [0.05, 0.1) is 11.1 Å². The highest BCUT2D eigenvalue weighted by atomic mass is 32.2. The van der Waals surface area contributed by atoms with Crippen molar-refractivity contribution in [3.63, 3.8) is 0 Å². The molecule has 0 bridgehead atoms. The fraction of sp³-hybridized carbons (Fsp3) is 0.333. The van der Waals surface area contributed by atoms with Crippen LogP contribution in [0, 0.1) is 0 Å². The summed E-state index contributed by atoms with van der Waals surface area (Å²) in [5.74, 6) is 2.06. The smallest absolute Gasteiger partial charge is 0.138 e. The van der Waals surface area contributed by atoms with Crippen LogP contribution < -0.4 is 0 Å². The molecule has 15 heavy (non-hydrogen) atoms. The number of thioether (sulfide) groups is 1. The molecule has 0 radical (unpaired) electrons. The quantitative estimate of drug-likeness (QED) is 0.858. The minimum absolute atomic E-state index is 0.289. The van der Waals surface area contributed by atoms with Gasteiger partial charge in [-0.3, -0.25) is 0 Å². The highest BCUT2D eigenvalue weighted by Crippen LogP contribution is 2.29. The molecule has 1 aromatic heterocycles. The first-order valence-electron chi connectivity index (χ1n) is 4.99. The predicted octanol–water partition coefficient (Wildman–Crippen LogP) is 3.78. The molecule has 0 atom stereocenters. The van der Waals surface area contributed by atoms with Crippen molar-refractivity contribution in [2.75, 3.05) is 0 Å². The van der Waals surface area contributed by atoms with Gasteiger partial charge in [-0.15, -0.1) is 0 Å². The number of phenolic OH excluding ortho intramolecular Hbond substituents is 1. The monoisotopic (exact) mass is 222 g/mol. The van der Waals surface area contributed by atoms with Crippen LogP contribution in [-0.2, 0) is 5.75 Å². The molecule has 0 saturated heterocycles. The minimum Gasteiger partial charge on any atom is -0.507 e. The molecule has 0 aliphatic heterocycles. The number of hydrogen-bond donors (Lipinski definition) is 1. The number of furan rings is 1. The van der Waals surface area contributed by atoms with Crippen molar-refractivity contribution in [1.29, 1.82) is 0 Å². The molecular formula is C12H14O2S. The van der Waals surface area contributed by atoms with E-state index in [1.54, 1.807) is 12.1 Å². The van der Waals surface area contributed by atoms with Crippen molar-refractivity contribution < 1.29 is 9.52 Å². The summed E-state index contributed by atoms with van der Waals surface area (Å²) in [7, 11) is 0. The van der Waals surface area contributed by atoms with Crippen molar-refractivity contribution in [2.24, 2.45) is 0 Å². The van der Waals surface area contributed by atoms with Crippen LogP contribution in [0.5, 0.6) is 5.75 Å². The lowest BCUT2D eigenvalue weighted by molar-refractivity contribution is 0.481. The third kappa shape index (κ3) is 2.29. The largest absolute Gasteiger partial charge is 0.507 e. The number of benzene rings is 1. The molecule has 2 aromatic rings. The molecule has 80 valence electrons. The van der Waals surface area contributed by atoms with Gasteiger partial charge >= 0.3 is 0 Å². The average molecular weight is 222 g/mol. The Bertz CT molecular complexity index is 460. The summed E-state index contributed by atoms with van der Waals surface area (Å²) in [6, 6.07) is 7.26. The molecule has 0 unspecified atom stereocenters. The van der Waals surface area contributed by atoms with E-state index >= 15 is 0 Å². The molecule has 0 aliphatic carbocycles. The molecule has 2 rings (SSSR count). The van der Waals surface area contributed by atoms with Crippen LogP contribution in [0.3, 0.4) is 0 Å². The molecule has 0 saturated carbocycles. The van der Waals surface area contributed by atoms with Crippen LogP contribution in [0.4, 0.5) is 0 Å². The summed E-state index contributed by atoms with van der Waals surface area (Å²) in [5, 5.41) is 11.0. The third-order valence-corrected chi connectivity index (χ3v) is 3.27. The zero-order valence-corrected chi connectivity index (χ0v) is 9.67. The Morgan fingerprint density at radius 3 is 2.87 bits per heavy atom. The first-order chi connectivity index (χ1) is 7.16. The Morgan fingerprint density at radius 1 is 1.40 bits per heavy atom. The highest BCUT2D eigenvalue weighted by molar-refractivity contribution is 7.99. The SMILES string of the molecule is CC(C)SCc1cc2c(O)cccc2o1. The standard InChI is InChI=1S/C12H14O2S/c1-8(2)15-7-9-6-10-11(13)4-3-5-12(10)14-9/h3-6,8,13H,7H2,1-2H3. The summed E-state index contributed by atoms with van der Waals surface area (Å²) in [5.41, 5.74) is 0.759. The zero-order chi connectivity index (χ0) is 10.8. The van der Waals surface area contributed by atoms with Crippen molar-refractivity contribution in [3.05, 3.63) is 30.0 Å². The van der Waals surface area contributed by atoms with Gasteiger partial charge < -0.3 is 9.52 Å². The van der Waals surface area contributed by atoms with Gasteiger partial charge in [-0.25, -0.2) is 0 Å².